The molecule has 0 bridgehead atoms. The second kappa shape index (κ2) is 3.97. The lowest BCUT2D eigenvalue weighted by Gasteiger charge is -2.04. The lowest BCUT2D eigenvalue weighted by Crippen LogP contribution is -2.03. The minimum atomic E-state index is 0.905. The van der Waals surface area contributed by atoms with Gasteiger partial charge in [-0.05, 0) is 30.7 Å². The van der Waals surface area contributed by atoms with Crippen LogP contribution in [-0.2, 0) is 0 Å². The third-order valence-electron chi connectivity index (χ3n) is 1.37. The largest absolute Gasteiger partial charge is 0.208 e. The van der Waals surface area contributed by atoms with Crippen LogP contribution in [0.5, 0.6) is 0 Å². The second-order valence-corrected chi connectivity index (χ2v) is 2.85. The highest BCUT2D eigenvalue weighted by Gasteiger charge is 2.04. The molecular weight excluding hydrogens is 272 g/mol. The molecule has 0 radical (unpaired) electrons. The summed E-state index contributed by atoms with van der Waals surface area (Å²) in [5.41, 5.74) is 2.94. The van der Waals surface area contributed by atoms with Crippen LogP contribution in [0.1, 0.15) is 6.92 Å². The Hall–Kier alpha value is -0.220. The van der Waals surface area contributed by atoms with Gasteiger partial charge in [0.05, 0.1) is 43.7 Å². The molecule has 1 rings (SSSR count). The summed E-state index contributed by atoms with van der Waals surface area (Å²) in [6.45, 7) is 1.99. The van der Waals surface area contributed by atoms with Gasteiger partial charge >= 0.3 is 0 Å². The van der Waals surface area contributed by atoms with E-state index in [4.69, 9.17) is 0 Å². The van der Waals surface area contributed by atoms with E-state index in [1.165, 1.54) is 0 Å². The standard InChI is InChI=1S/C7H6Br2N2/c1-5-4-6(10-8)2-3-7(5)11-9/h2-4H,1H3. The Bertz CT molecular complexity index is 274. The second-order valence-electron chi connectivity index (χ2n) is 2.14. The van der Waals surface area contributed by atoms with Gasteiger partial charge in [0.1, 0.15) is 0 Å². The molecule has 0 aromatic carbocycles. The topological polar surface area (TPSA) is 24.7 Å². The Morgan fingerprint density at radius 1 is 1.18 bits per heavy atom. The molecule has 2 nitrogen and oxygen atoms in total. The zero-order valence-electron chi connectivity index (χ0n) is 5.88. The molecule has 0 saturated carbocycles. The molecule has 58 valence electrons. The van der Waals surface area contributed by atoms with Crippen molar-refractivity contribution in [3.8, 4) is 0 Å². The fraction of sp³-hybridized carbons (Fsp3) is 0.143. The molecule has 11 heavy (non-hydrogen) atoms. The highest BCUT2D eigenvalue weighted by Crippen LogP contribution is 2.09. The van der Waals surface area contributed by atoms with Crippen molar-refractivity contribution in [2.24, 2.45) is 8.04 Å². The van der Waals surface area contributed by atoms with Gasteiger partial charge in [0.2, 0.25) is 0 Å². The summed E-state index contributed by atoms with van der Waals surface area (Å²) in [5, 5.41) is 0. The van der Waals surface area contributed by atoms with Crippen molar-refractivity contribution in [2.45, 2.75) is 6.92 Å². The zero-order chi connectivity index (χ0) is 8.27. The highest BCUT2D eigenvalue weighted by atomic mass is 79.9. The quantitative estimate of drug-likeness (QED) is 0.608. The number of allylic oxidation sites excluding steroid dienone is 4. The number of halogens is 2. The molecule has 0 spiro atoms. The van der Waals surface area contributed by atoms with Gasteiger partial charge in [-0.1, -0.05) is 0 Å². The molecular formula is C7H6Br2N2. The van der Waals surface area contributed by atoms with Crippen LogP contribution >= 0.6 is 32.3 Å². The van der Waals surface area contributed by atoms with Gasteiger partial charge in [0.15, 0.2) is 0 Å². The number of nitrogens with zero attached hydrogens (tertiary/aromatic N) is 2. The first kappa shape index (κ1) is 8.87. The van der Waals surface area contributed by atoms with E-state index in [-0.39, 0.29) is 0 Å². The van der Waals surface area contributed by atoms with Crippen molar-refractivity contribution >= 4 is 43.7 Å². The minimum absolute atomic E-state index is 0.905. The average Bonchev–Trinajstić information content (AvgIpc) is 2.04. The molecule has 4 heteroatoms. The molecule has 0 saturated heterocycles. The molecule has 1 aliphatic rings. The molecule has 0 unspecified atom stereocenters. The van der Waals surface area contributed by atoms with Crippen molar-refractivity contribution in [3.63, 3.8) is 0 Å². The summed E-state index contributed by atoms with van der Waals surface area (Å²) in [6.07, 6.45) is 5.75. The predicted molar refractivity (Wildman–Crippen MR) is 55.6 cm³/mol. The van der Waals surface area contributed by atoms with Gasteiger partial charge in [-0.2, -0.15) is 0 Å². The Kier molecular flexibility index (Phi) is 3.20. The summed E-state index contributed by atoms with van der Waals surface area (Å²) >= 11 is 6.06. The number of rotatable bonds is 0. The monoisotopic (exact) mass is 276 g/mol. The first-order chi connectivity index (χ1) is 5.27. The maximum atomic E-state index is 3.90. The molecule has 0 aromatic rings. The average molecular weight is 278 g/mol. The van der Waals surface area contributed by atoms with Crippen molar-refractivity contribution in [1.82, 2.24) is 0 Å². The van der Waals surface area contributed by atoms with Crippen LogP contribution in [0, 0.1) is 0 Å². The molecule has 0 fully saturated rings. The van der Waals surface area contributed by atoms with Crippen molar-refractivity contribution in [1.29, 1.82) is 0 Å². The van der Waals surface area contributed by atoms with Crippen molar-refractivity contribution in [3.05, 3.63) is 23.8 Å². The maximum absolute atomic E-state index is 3.90. The SMILES string of the molecule is CC1=CC(=NBr)C=CC1=NBr. The fourth-order valence-electron chi connectivity index (χ4n) is 0.787. The van der Waals surface area contributed by atoms with E-state index in [1.807, 2.05) is 25.2 Å². The van der Waals surface area contributed by atoms with Crippen LogP contribution in [0.15, 0.2) is 31.8 Å². The highest BCUT2D eigenvalue weighted by molar-refractivity contribution is 9.08. The van der Waals surface area contributed by atoms with Crippen LogP contribution < -0.4 is 0 Å². The number of hydrogen-bond acceptors (Lipinski definition) is 2. The van der Waals surface area contributed by atoms with Crippen LogP contribution in [0.3, 0.4) is 0 Å². The van der Waals surface area contributed by atoms with E-state index in [1.54, 1.807) is 0 Å². The smallest absolute Gasteiger partial charge is 0.0744 e. The van der Waals surface area contributed by atoms with E-state index in [2.05, 4.69) is 40.3 Å². The minimum Gasteiger partial charge on any atom is -0.208 e. The molecule has 0 atom stereocenters. The van der Waals surface area contributed by atoms with Gasteiger partial charge in [0.25, 0.3) is 0 Å². The number of hydrogen-bond donors (Lipinski definition) is 0. The fourth-order valence-corrected chi connectivity index (χ4v) is 1.41. The predicted octanol–water partition coefficient (Wildman–Crippen LogP) is 3.00. The van der Waals surface area contributed by atoms with Crippen molar-refractivity contribution < 1.29 is 0 Å². The zero-order valence-corrected chi connectivity index (χ0v) is 9.05. The molecule has 1 aliphatic carbocycles. The Labute approximate surface area is 82.5 Å². The van der Waals surface area contributed by atoms with Crippen LogP contribution in [0.2, 0.25) is 0 Å². The lowest BCUT2D eigenvalue weighted by molar-refractivity contribution is 1.58. The summed E-state index contributed by atoms with van der Waals surface area (Å²) < 4.78 is 7.76. The molecule has 0 aliphatic heterocycles. The Morgan fingerprint density at radius 3 is 2.36 bits per heavy atom. The van der Waals surface area contributed by atoms with E-state index in [0.717, 1.165) is 17.0 Å². The Balaban J connectivity index is 2.97. The molecule has 0 heterocycles. The first-order valence-electron chi connectivity index (χ1n) is 3.02. The van der Waals surface area contributed by atoms with E-state index >= 15 is 0 Å². The van der Waals surface area contributed by atoms with Crippen molar-refractivity contribution in [2.75, 3.05) is 0 Å². The normalized spacial score (nSPS) is 24.5. The van der Waals surface area contributed by atoms with Gasteiger partial charge in [-0.3, -0.25) is 0 Å². The van der Waals surface area contributed by atoms with Gasteiger partial charge in [0, 0.05) is 0 Å². The summed E-state index contributed by atoms with van der Waals surface area (Å²) in [7, 11) is 0. The molecule has 0 aromatic heterocycles. The van der Waals surface area contributed by atoms with Crippen LogP contribution in [0.4, 0.5) is 0 Å². The third-order valence-corrected chi connectivity index (χ3v) is 2.16. The summed E-state index contributed by atoms with van der Waals surface area (Å²) in [4.78, 5) is 0. The van der Waals surface area contributed by atoms with E-state index < -0.39 is 0 Å². The van der Waals surface area contributed by atoms with Gasteiger partial charge in [-0.25, -0.2) is 8.04 Å². The molecule has 0 amide bonds. The first-order valence-corrected chi connectivity index (χ1v) is 4.44. The van der Waals surface area contributed by atoms with Gasteiger partial charge < -0.3 is 0 Å². The summed E-state index contributed by atoms with van der Waals surface area (Å²) in [5.74, 6) is 0. The van der Waals surface area contributed by atoms with Crippen LogP contribution in [0.25, 0.3) is 0 Å². The van der Waals surface area contributed by atoms with E-state index in [9.17, 15) is 0 Å². The van der Waals surface area contributed by atoms with Crippen LogP contribution in [-0.4, -0.2) is 11.4 Å². The third kappa shape index (κ3) is 2.10. The van der Waals surface area contributed by atoms with Gasteiger partial charge in [-0.15, -0.1) is 0 Å². The van der Waals surface area contributed by atoms with E-state index in [0.29, 0.717) is 0 Å². The Morgan fingerprint density at radius 2 is 1.91 bits per heavy atom. The lowest BCUT2D eigenvalue weighted by atomic mass is 10.1. The molecule has 0 N–H and O–H groups in total. The maximum Gasteiger partial charge on any atom is 0.0744 e. The summed E-state index contributed by atoms with van der Waals surface area (Å²) in [6, 6.07) is 0.